The van der Waals surface area contributed by atoms with Crippen LogP contribution in [0.25, 0.3) is 11.3 Å². The second-order valence-electron chi connectivity index (χ2n) is 4.97. The molecule has 1 heterocycles. The Morgan fingerprint density at radius 2 is 1.85 bits per heavy atom. The molecular weight excluding hydrogens is 379 g/mol. The Balaban J connectivity index is 2.42. The van der Waals surface area contributed by atoms with Crippen molar-refractivity contribution in [3.63, 3.8) is 0 Å². The van der Waals surface area contributed by atoms with Gasteiger partial charge in [0, 0.05) is 5.56 Å². The Morgan fingerprint density at radius 3 is 2.38 bits per heavy atom. The maximum Gasteiger partial charge on any atom is 0.417 e. The van der Waals surface area contributed by atoms with Gasteiger partial charge in [0.1, 0.15) is 5.76 Å². The molecule has 0 fully saturated rings. The molecule has 0 aliphatic carbocycles. The molecule has 26 heavy (non-hydrogen) atoms. The molecule has 8 nitrogen and oxygen atoms in total. The van der Waals surface area contributed by atoms with Gasteiger partial charge in [-0.2, -0.15) is 21.6 Å². The Hall–Kier alpha value is -2.86. The van der Waals surface area contributed by atoms with Crippen LogP contribution in [0.5, 0.6) is 0 Å². The molecule has 2 rings (SSSR count). The van der Waals surface area contributed by atoms with E-state index < -0.39 is 39.5 Å². The number of carbonyl (C=O) groups excluding carboxylic acids is 1. The molecule has 2 aromatic rings. The minimum atomic E-state index is -4.65. The van der Waals surface area contributed by atoms with Gasteiger partial charge in [0.05, 0.1) is 11.8 Å². The van der Waals surface area contributed by atoms with E-state index in [-0.39, 0.29) is 16.4 Å². The number of guanidine groups is 1. The van der Waals surface area contributed by atoms with E-state index in [1.54, 1.807) is 0 Å². The van der Waals surface area contributed by atoms with Crippen LogP contribution < -0.4 is 5.73 Å². The van der Waals surface area contributed by atoms with E-state index in [0.717, 1.165) is 24.3 Å². The van der Waals surface area contributed by atoms with Crippen LogP contribution in [0.3, 0.4) is 0 Å². The zero-order valence-corrected chi connectivity index (χ0v) is 13.9. The minimum absolute atomic E-state index is 0.0619. The van der Waals surface area contributed by atoms with Gasteiger partial charge >= 0.3 is 12.1 Å². The first-order valence-corrected chi connectivity index (χ1v) is 8.56. The van der Waals surface area contributed by atoms with Crippen molar-refractivity contribution >= 4 is 22.0 Å². The van der Waals surface area contributed by atoms with Crippen LogP contribution in [0, 0.1) is 5.41 Å². The average molecular weight is 391 g/mol. The molecule has 1 amide bonds. The molecule has 0 atom stereocenters. The van der Waals surface area contributed by atoms with Crippen molar-refractivity contribution in [2.24, 2.45) is 5.73 Å². The van der Waals surface area contributed by atoms with Crippen molar-refractivity contribution in [2.45, 2.75) is 6.18 Å². The number of hydroxylamine groups is 2. The van der Waals surface area contributed by atoms with Gasteiger partial charge in [-0.1, -0.05) is 18.2 Å². The molecular formula is C14H12F3N3O5S. The van der Waals surface area contributed by atoms with E-state index in [0.29, 0.717) is 6.26 Å². The molecule has 1 aromatic heterocycles. The summed E-state index contributed by atoms with van der Waals surface area (Å²) in [5, 5.41) is 7.14. The second kappa shape index (κ2) is 6.80. The van der Waals surface area contributed by atoms with Gasteiger partial charge in [-0.15, -0.1) is 9.35 Å². The van der Waals surface area contributed by atoms with Gasteiger partial charge in [0.2, 0.25) is 5.96 Å². The van der Waals surface area contributed by atoms with Crippen molar-refractivity contribution in [1.29, 1.82) is 5.41 Å². The van der Waals surface area contributed by atoms with Gasteiger partial charge in [-0.05, 0) is 18.2 Å². The van der Waals surface area contributed by atoms with Crippen LogP contribution in [0.2, 0.25) is 0 Å². The number of benzene rings is 1. The summed E-state index contributed by atoms with van der Waals surface area (Å²) in [6.45, 7) is 0. The first-order valence-electron chi connectivity index (χ1n) is 6.74. The van der Waals surface area contributed by atoms with Gasteiger partial charge in [0.25, 0.3) is 10.1 Å². The zero-order valence-electron chi connectivity index (χ0n) is 13.1. The predicted octanol–water partition coefficient (Wildman–Crippen LogP) is 2.19. The Morgan fingerprint density at radius 1 is 1.23 bits per heavy atom. The fourth-order valence-corrected chi connectivity index (χ4v) is 2.38. The number of nitrogens with two attached hydrogens (primary N) is 1. The van der Waals surface area contributed by atoms with Gasteiger partial charge in [-0.25, -0.2) is 0 Å². The average Bonchev–Trinajstić information content (AvgIpc) is 3.00. The van der Waals surface area contributed by atoms with E-state index in [9.17, 15) is 26.4 Å². The summed E-state index contributed by atoms with van der Waals surface area (Å²) >= 11 is 0. The third-order valence-electron chi connectivity index (χ3n) is 2.93. The summed E-state index contributed by atoms with van der Waals surface area (Å²) in [4.78, 5) is 12.2. The molecule has 0 saturated heterocycles. The number of nitrogens with zero attached hydrogens (tertiary/aromatic N) is 1. The Kier molecular flexibility index (Phi) is 5.09. The number of hydrogen-bond donors (Lipinski definition) is 2. The highest BCUT2D eigenvalue weighted by Crippen LogP contribution is 2.37. The standard InChI is InChI=1S/C14H12F3N3O5S/c1-26(22,23)25-20(13(18)19)12(21)11-7-6-10(24-11)8-4-2-3-5-9(8)14(15,16)17/h2-7H,1H3,(H3,18,19). The SMILES string of the molecule is CS(=O)(=O)ON(C(=N)N)C(=O)c1ccc(-c2ccccc2C(F)(F)F)o1. The summed E-state index contributed by atoms with van der Waals surface area (Å²) in [6, 6.07) is 6.63. The van der Waals surface area contributed by atoms with E-state index in [1.165, 1.54) is 12.1 Å². The molecule has 1 aromatic carbocycles. The Bertz CT molecular complexity index is 953. The lowest BCUT2D eigenvalue weighted by molar-refractivity contribution is -0.137. The number of carbonyl (C=O) groups is 1. The highest BCUT2D eigenvalue weighted by atomic mass is 32.2. The Labute approximate surface area is 145 Å². The monoisotopic (exact) mass is 391 g/mol. The first-order chi connectivity index (χ1) is 11.9. The van der Waals surface area contributed by atoms with Crippen LogP contribution in [-0.2, 0) is 20.6 Å². The molecule has 3 N–H and O–H groups in total. The summed E-state index contributed by atoms with van der Waals surface area (Å²) < 4.78 is 70.9. The number of halogens is 3. The van der Waals surface area contributed by atoms with E-state index in [2.05, 4.69) is 4.28 Å². The first kappa shape index (κ1) is 19.5. The largest absolute Gasteiger partial charge is 0.451 e. The van der Waals surface area contributed by atoms with Crippen molar-refractivity contribution in [3.05, 3.63) is 47.7 Å². The van der Waals surface area contributed by atoms with Crippen molar-refractivity contribution in [1.82, 2.24) is 5.06 Å². The van der Waals surface area contributed by atoms with Gasteiger partial charge in [-0.3, -0.25) is 10.2 Å². The lowest BCUT2D eigenvalue weighted by atomic mass is 10.1. The fourth-order valence-electron chi connectivity index (χ4n) is 1.96. The lowest BCUT2D eigenvalue weighted by Gasteiger charge is -2.16. The number of hydrogen-bond acceptors (Lipinski definition) is 6. The van der Waals surface area contributed by atoms with Crippen molar-refractivity contribution in [3.8, 4) is 11.3 Å². The van der Waals surface area contributed by atoms with Crippen LogP contribution in [0.4, 0.5) is 13.2 Å². The number of nitrogens with one attached hydrogen (secondary N) is 1. The van der Waals surface area contributed by atoms with Crippen LogP contribution in [0.15, 0.2) is 40.8 Å². The van der Waals surface area contributed by atoms with Gasteiger partial charge in [0.15, 0.2) is 5.76 Å². The molecule has 0 spiro atoms. The quantitative estimate of drug-likeness (QED) is 0.467. The highest BCUT2D eigenvalue weighted by Gasteiger charge is 2.34. The lowest BCUT2D eigenvalue weighted by Crippen LogP contribution is -2.42. The summed E-state index contributed by atoms with van der Waals surface area (Å²) in [7, 11) is -4.20. The molecule has 0 bridgehead atoms. The predicted molar refractivity (Wildman–Crippen MR) is 83.2 cm³/mol. The second-order valence-corrected chi connectivity index (χ2v) is 6.53. The van der Waals surface area contributed by atoms with Crippen LogP contribution >= 0.6 is 0 Å². The molecule has 0 unspecified atom stereocenters. The number of furan rings is 1. The number of alkyl halides is 3. The molecule has 0 radical (unpaired) electrons. The fraction of sp³-hybridized carbons (Fsp3) is 0.143. The summed E-state index contributed by atoms with van der Waals surface area (Å²) in [6.07, 6.45) is -4.04. The molecule has 12 heteroatoms. The smallest absolute Gasteiger partial charge is 0.417 e. The maximum absolute atomic E-state index is 13.1. The van der Waals surface area contributed by atoms with Crippen LogP contribution in [0.1, 0.15) is 16.1 Å². The van der Waals surface area contributed by atoms with E-state index in [1.807, 2.05) is 0 Å². The third-order valence-corrected chi connectivity index (χ3v) is 3.35. The number of amides is 1. The zero-order chi connectivity index (χ0) is 19.7. The number of rotatable bonds is 4. The molecule has 0 aliphatic heterocycles. The minimum Gasteiger partial charge on any atom is -0.451 e. The third kappa shape index (κ3) is 4.40. The van der Waals surface area contributed by atoms with Crippen LogP contribution in [-0.4, -0.2) is 31.6 Å². The maximum atomic E-state index is 13.1. The summed E-state index contributed by atoms with van der Waals surface area (Å²) in [5.74, 6) is -3.20. The van der Waals surface area contributed by atoms with E-state index >= 15 is 0 Å². The van der Waals surface area contributed by atoms with Gasteiger partial charge < -0.3 is 10.2 Å². The van der Waals surface area contributed by atoms with Crippen molar-refractivity contribution < 1.29 is 35.1 Å². The molecule has 0 aliphatic rings. The molecule has 0 saturated carbocycles. The highest BCUT2D eigenvalue weighted by molar-refractivity contribution is 7.85. The van der Waals surface area contributed by atoms with Crippen molar-refractivity contribution in [2.75, 3.05) is 6.26 Å². The topological polar surface area (TPSA) is 127 Å². The molecule has 140 valence electrons. The van der Waals surface area contributed by atoms with E-state index in [4.69, 9.17) is 15.6 Å². The summed E-state index contributed by atoms with van der Waals surface area (Å²) in [5.41, 5.74) is 3.79. The normalized spacial score (nSPS) is 12.0.